The minimum absolute atomic E-state index is 0.377. The molecule has 0 unspecified atom stereocenters. The van der Waals surface area contributed by atoms with Crippen LogP contribution < -0.4 is 0 Å². The quantitative estimate of drug-likeness (QED) is 0.603. The van der Waals surface area contributed by atoms with Gasteiger partial charge in [-0.2, -0.15) is 0 Å². The van der Waals surface area contributed by atoms with Crippen LogP contribution in [-0.2, 0) is 4.79 Å². The lowest BCUT2D eigenvalue weighted by molar-refractivity contribution is -0.135. The zero-order valence-corrected chi connectivity index (χ0v) is 8.60. The Bertz CT molecular complexity index is 217. The molecule has 0 saturated heterocycles. The lowest BCUT2D eigenvalue weighted by Crippen LogP contribution is -2.46. The maximum atomic E-state index is 11.4. The third-order valence-electron chi connectivity index (χ3n) is 1.67. The molecule has 0 heterocycles. The number of carbonyl (C=O) groups excluding carboxylic acids is 2. The number of carbonyl (C=O) groups is 2. The molecular formula is C8H16N2O4. The van der Waals surface area contributed by atoms with E-state index in [0.717, 1.165) is 4.90 Å². The number of nitrogens with zero attached hydrogens (tertiary/aromatic N) is 2. The van der Waals surface area contributed by atoms with E-state index in [9.17, 15) is 9.59 Å². The second-order valence-corrected chi connectivity index (χ2v) is 3.18. The number of hydrogen-bond donors (Lipinski definition) is 2. The third kappa shape index (κ3) is 2.97. The zero-order valence-electron chi connectivity index (χ0n) is 8.60. The van der Waals surface area contributed by atoms with Gasteiger partial charge in [-0.1, -0.05) is 13.8 Å². The molecule has 0 aromatic rings. The minimum Gasteiger partial charge on any atom is -0.376 e. The van der Waals surface area contributed by atoms with Crippen molar-refractivity contribution in [2.24, 2.45) is 5.92 Å². The third-order valence-corrected chi connectivity index (χ3v) is 1.67. The summed E-state index contributed by atoms with van der Waals surface area (Å²) in [5.74, 6) is -0.851. The van der Waals surface area contributed by atoms with Crippen LogP contribution in [0.5, 0.6) is 0 Å². The predicted octanol–water partition coefficient (Wildman–Crippen LogP) is -0.578. The van der Waals surface area contributed by atoms with Crippen LogP contribution >= 0.6 is 0 Å². The Morgan fingerprint density at radius 3 is 2.00 bits per heavy atom. The first-order valence-electron chi connectivity index (χ1n) is 4.23. The van der Waals surface area contributed by atoms with Crippen LogP contribution in [0.2, 0.25) is 0 Å². The highest BCUT2D eigenvalue weighted by Gasteiger charge is 2.25. The molecule has 82 valence electrons. The minimum atomic E-state index is -0.714. The van der Waals surface area contributed by atoms with Crippen LogP contribution in [0.25, 0.3) is 0 Å². The molecular weight excluding hydrogens is 188 g/mol. The van der Waals surface area contributed by atoms with E-state index in [1.54, 1.807) is 13.8 Å². The van der Waals surface area contributed by atoms with Gasteiger partial charge >= 0.3 is 6.03 Å². The van der Waals surface area contributed by atoms with Gasteiger partial charge in [0.05, 0.1) is 0 Å². The fraction of sp³-hybridized carbons (Fsp3) is 0.750. The van der Waals surface area contributed by atoms with Crippen LogP contribution in [0.3, 0.4) is 0 Å². The molecule has 0 radical (unpaired) electrons. The second-order valence-electron chi connectivity index (χ2n) is 3.18. The summed E-state index contributed by atoms with van der Waals surface area (Å²) in [7, 11) is 1.33. The highest BCUT2D eigenvalue weighted by molar-refractivity contribution is 5.95. The zero-order chi connectivity index (χ0) is 11.3. The van der Waals surface area contributed by atoms with Crippen molar-refractivity contribution in [3.8, 4) is 0 Å². The summed E-state index contributed by atoms with van der Waals surface area (Å²) in [5, 5.41) is 17.5. The first-order chi connectivity index (χ1) is 6.45. The Morgan fingerprint density at radius 1 is 1.21 bits per heavy atom. The summed E-state index contributed by atoms with van der Waals surface area (Å²) in [6.07, 6.45) is 0. The van der Waals surface area contributed by atoms with E-state index in [0.29, 0.717) is 4.90 Å². The van der Waals surface area contributed by atoms with Gasteiger partial charge in [-0.3, -0.25) is 4.79 Å². The van der Waals surface area contributed by atoms with E-state index in [2.05, 4.69) is 0 Å². The summed E-state index contributed by atoms with van der Waals surface area (Å²) in [6, 6.07) is -0.714. The average Bonchev–Trinajstić information content (AvgIpc) is 2.17. The number of hydrogen-bond acceptors (Lipinski definition) is 4. The van der Waals surface area contributed by atoms with Crippen molar-refractivity contribution in [3.05, 3.63) is 0 Å². The molecule has 0 aromatic heterocycles. The molecule has 0 bridgehead atoms. The van der Waals surface area contributed by atoms with Crippen molar-refractivity contribution in [1.82, 2.24) is 9.80 Å². The Hall–Kier alpha value is -1.14. The van der Waals surface area contributed by atoms with E-state index < -0.39 is 25.4 Å². The molecule has 0 aliphatic heterocycles. The van der Waals surface area contributed by atoms with Crippen LogP contribution in [0.1, 0.15) is 13.8 Å². The first kappa shape index (κ1) is 12.9. The monoisotopic (exact) mass is 204 g/mol. The Kier molecular flexibility index (Phi) is 5.11. The van der Waals surface area contributed by atoms with Crippen molar-refractivity contribution >= 4 is 11.9 Å². The molecule has 14 heavy (non-hydrogen) atoms. The van der Waals surface area contributed by atoms with Gasteiger partial charge in [-0.25, -0.2) is 9.69 Å². The van der Waals surface area contributed by atoms with Crippen molar-refractivity contribution in [3.63, 3.8) is 0 Å². The molecule has 0 aromatic carbocycles. The number of aliphatic hydroxyl groups is 2. The number of imide groups is 1. The topological polar surface area (TPSA) is 81.1 Å². The van der Waals surface area contributed by atoms with Gasteiger partial charge < -0.3 is 15.1 Å². The molecule has 0 fully saturated rings. The van der Waals surface area contributed by atoms with Gasteiger partial charge in [0.2, 0.25) is 5.91 Å². The molecule has 0 spiro atoms. The first-order valence-corrected chi connectivity index (χ1v) is 4.23. The van der Waals surface area contributed by atoms with Crippen molar-refractivity contribution < 1.29 is 19.8 Å². The van der Waals surface area contributed by atoms with Crippen LogP contribution in [0.15, 0.2) is 0 Å². The lowest BCUT2D eigenvalue weighted by Gasteiger charge is -2.24. The smallest absolute Gasteiger partial charge is 0.330 e. The predicted molar refractivity (Wildman–Crippen MR) is 49.0 cm³/mol. The lowest BCUT2D eigenvalue weighted by atomic mass is 10.2. The molecule has 0 saturated carbocycles. The highest BCUT2D eigenvalue weighted by Crippen LogP contribution is 2.03. The fourth-order valence-electron chi connectivity index (χ4n) is 0.803. The van der Waals surface area contributed by atoms with E-state index in [-0.39, 0.29) is 5.92 Å². The van der Waals surface area contributed by atoms with Gasteiger partial charge in [0.25, 0.3) is 0 Å². The van der Waals surface area contributed by atoms with E-state index in [1.165, 1.54) is 7.05 Å². The number of urea groups is 1. The summed E-state index contributed by atoms with van der Waals surface area (Å²) in [6.45, 7) is 2.06. The number of rotatable bonds is 3. The number of aliphatic hydroxyl groups excluding tert-OH is 2. The van der Waals surface area contributed by atoms with Crippen molar-refractivity contribution in [2.45, 2.75) is 13.8 Å². The molecule has 0 rings (SSSR count). The van der Waals surface area contributed by atoms with Crippen molar-refractivity contribution in [2.75, 3.05) is 20.5 Å². The van der Waals surface area contributed by atoms with Gasteiger partial charge in [0.1, 0.15) is 13.5 Å². The average molecular weight is 204 g/mol. The molecule has 0 aliphatic rings. The van der Waals surface area contributed by atoms with E-state index in [1.807, 2.05) is 0 Å². The normalized spacial score (nSPS) is 10.1. The summed E-state index contributed by atoms with van der Waals surface area (Å²) >= 11 is 0. The summed E-state index contributed by atoms with van der Waals surface area (Å²) < 4.78 is 0. The van der Waals surface area contributed by atoms with Crippen molar-refractivity contribution in [1.29, 1.82) is 0 Å². The largest absolute Gasteiger partial charge is 0.376 e. The molecule has 0 aliphatic carbocycles. The summed E-state index contributed by atoms with van der Waals surface area (Å²) in [5.41, 5.74) is 0. The van der Waals surface area contributed by atoms with Crippen LogP contribution in [0, 0.1) is 5.92 Å². The Labute approximate surface area is 82.7 Å². The van der Waals surface area contributed by atoms with Gasteiger partial charge in [-0.05, 0) is 0 Å². The second kappa shape index (κ2) is 5.56. The van der Waals surface area contributed by atoms with Gasteiger partial charge in [0, 0.05) is 13.0 Å². The maximum absolute atomic E-state index is 11.4. The van der Waals surface area contributed by atoms with E-state index >= 15 is 0 Å². The molecule has 2 N–H and O–H groups in total. The molecule has 6 nitrogen and oxygen atoms in total. The van der Waals surface area contributed by atoms with Gasteiger partial charge in [-0.15, -0.1) is 0 Å². The molecule has 3 amide bonds. The number of amides is 3. The SMILES string of the molecule is CC(C)C(=O)N(CO)C(=O)N(C)CO. The standard InChI is InChI=1S/C8H16N2O4/c1-6(2)7(13)10(5-12)8(14)9(3)4-11/h6,11-12H,4-5H2,1-3H3. The fourth-order valence-corrected chi connectivity index (χ4v) is 0.803. The van der Waals surface area contributed by atoms with Gasteiger partial charge in [0.15, 0.2) is 0 Å². The maximum Gasteiger partial charge on any atom is 0.330 e. The highest BCUT2D eigenvalue weighted by atomic mass is 16.3. The summed E-state index contributed by atoms with van der Waals surface area (Å²) in [4.78, 5) is 24.3. The Morgan fingerprint density at radius 2 is 1.71 bits per heavy atom. The van der Waals surface area contributed by atoms with Crippen LogP contribution in [0.4, 0.5) is 4.79 Å². The van der Waals surface area contributed by atoms with Crippen LogP contribution in [-0.4, -0.2) is 52.5 Å². The van der Waals surface area contributed by atoms with E-state index in [4.69, 9.17) is 10.2 Å². The molecule has 6 heteroatoms. The molecule has 0 atom stereocenters. The Balaban J connectivity index is 4.56.